The van der Waals surface area contributed by atoms with Crippen molar-refractivity contribution in [2.24, 2.45) is 5.92 Å². The van der Waals surface area contributed by atoms with Crippen molar-refractivity contribution < 1.29 is 9.90 Å². The summed E-state index contributed by atoms with van der Waals surface area (Å²) in [4.78, 5) is 11.7. The molecule has 0 saturated carbocycles. The number of halogens is 2. The van der Waals surface area contributed by atoms with Crippen molar-refractivity contribution in [1.82, 2.24) is 10.6 Å². The fourth-order valence-corrected chi connectivity index (χ4v) is 3.01. The minimum absolute atomic E-state index is 0. The zero-order valence-electron chi connectivity index (χ0n) is 11.5. The first-order valence-corrected chi connectivity index (χ1v) is 8.16. The molecule has 2 unspecified atom stereocenters. The van der Waals surface area contributed by atoms with Gasteiger partial charge in [0.05, 0.1) is 11.9 Å². The number of amides is 1. The maximum absolute atomic E-state index is 11.7. The lowest BCUT2D eigenvalue weighted by Gasteiger charge is -2.13. The second-order valence-electron chi connectivity index (χ2n) is 4.91. The van der Waals surface area contributed by atoms with E-state index < -0.39 is 0 Å². The van der Waals surface area contributed by atoms with E-state index in [1.807, 2.05) is 24.3 Å². The molecular weight excluding hydrogens is 331 g/mol. The van der Waals surface area contributed by atoms with E-state index in [1.165, 1.54) is 0 Å². The Hall–Kier alpha value is -0.460. The third-order valence-electron chi connectivity index (χ3n) is 3.28. The largest absolute Gasteiger partial charge is 0.391 e. The maximum atomic E-state index is 11.7. The highest BCUT2D eigenvalue weighted by atomic mass is 35.5. The highest BCUT2D eigenvalue weighted by Crippen LogP contribution is 2.15. The Bertz CT molecular complexity index is 445. The fraction of sp³-hybridized carbons (Fsp3) is 0.500. The summed E-state index contributed by atoms with van der Waals surface area (Å²) in [7, 11) is 0. The second-order valence-corrected chi connectivity index (χ2v) is 6.33. The van der Waals surface area contributed by atoms with E-state index in [4.69, 9.17) is 11.6 Å². The predicted octanol–water partition coefficient (Wildman–Crippen LogP) is 1.69. The van der Waals surface area contributed by atoms with Crippen LogP contribution in [-0.2, 0) is 10.5 Å². The molecule has 1 aliphatic heterocycles. The van der Waals surface area contributed by atoms with Gasteiger partial charge in [-0.1, -0.05) is 23.7 Å². The molecule has 0 aromatic heterocycles. The summed E-state index contributed by atoms with van der Waals surface area (Å²) in [5.74, 6) is 1.36. The SMILES string of the molecule is Cl.O=C(CSCc1ccc(Cl)cc1)NCC1CNCC1O. The standard InChI is InChI=1S/C14H19ClN2O2S.ClH/c15-12-3-1-10(2-4-12)8-20-9-14(19)17-6-11-5-16-7-13(11)18;/h1-4,11,13,16,18H,5-9H2,(H,17,19);1H. The van der Waals surface area contributed by atoms with Gasteiger partial charge in [0, 0.05) is 36.3 Å². The van der Waals surface area contributed by atoms with Crippen molar-refractivity contribution in [3.05, 3.63) is 34.9 Å². The van der Waals surface area contributed by atoms with E-state index in [1.54, 1.807) is 11.8 Å². The normalized spacial score (nSPS) is 20.9. The van der Waals surface area contributed by atoms with Crippen LogP contribution in [0.4, 0.5) is 0 Å². The van der Waals surface area contributed by atoms with Crippen LogP contribution < -0.4 is 10.6 Å². The van der Waals surface area contributed by atoms with Crippen LogP contribution in [0.3, 0.4) is 0 Å². The monoisotopic (exact) mass is 350 g/mol. The number of thioether (sulfide) groups is 1. The molecule has 21 heavy (non-hydrogen) atoms. The molecule has 7 heteroatoms. The second kappa shape index (κ2) is 9.54. The highest BCUT2D eigenvalue weighted by Gasteiger charge is 2.24. The van der Waals surface area contributed by atoms with Gasteiger partial charge in [0.2, 0.25) is 5.91 Å². The number of benzene rings is 1. The van der Waals surface area contributed by atoms with Crippen molar-refractivity contribution in [2.45, 2.75) is 11.9 Å². The first-order chi connectivity index (χ1) is 9.65. The Kier molecular flexibility index (Phi) is 8.44. The number of rotatable bonds is 6. The quantitative estimate of drug-likeness (QED) is 0.730. The molecule has 118 valence electrons. The van der Waals surface area contributed by atoms with Gasteiger partial charge in [-0.05, 0) is 17.7 Å². The Labute approximate surface area is 140 Å². The molecule has 1 saturated heterocycles. The molecule has 2 rings (SSSR count). The molecule has 3 N–H and O–H groups in total. The number of aliphatic hydroxyl groups excluding tert-OH is 1. The summed E-state index contributed by atoms with van der Waals surface area (Å²) in [5, 5.41) is 16.3. The first kappa shape index (κ1) is 18.6. The van der Waals surface area contributed by atoms with Crippen molar-refractivity contribution >= 4 is 41.7 Å². The van der Waals surface area contributed by atoms with E-state index in [2.05, 4.69) is 10.6 Å². The van der Waals surface area contributed by atoms with Crippen LogP contribution in [-0.4, -0.2) is 42.5 Å². The molecule has 1 aliphatic rings. The molecule has 1 aromatic rings. The average Bonchev–Trinajstić information content (AvgIpc) is 2.84. The third-order valence-corrected chi connectivity index (χ3v) is 4.54. The molecule has 0 spiro atoms. The Morgan fingerprint density at radius 1 is 1.38 bits per heavy atom. The Balaban J connectivity index is 0.00000220. The molecule has 1 fully saturated rings. The van der Waals surface area contributed by atoms with Crippen LogP contribution >= 0.6 is 35.8 Å². The van der Waals surface area contributed by atoms with Gasteiger partial charge in [-0.2, -0.15) is 0 Å². The van der Waals surface area contributed by atoms with E-state index in [-0.39, 0.29) is 30.3 Å². The van der Waals surface area contributed by atoms with Gasteiger partial charge < -0.3 is 15.7 Å². The summed E-state index contributed by atoms with van der Waals surface area (Å²) in [6, 6.07) is 7.64. The van der Waals surface area contributed by atoms with E-state index in [0.717, 1.165) is 22.9 Å². The molecular formula is C14H20Cl2N2O2S. The smallest absolute Gasteiger partial charge is 0.230 e. The van der Waals surface area contributed by atoms with Crippen LogP contribution in [0, 0.1) is 5.92 Å². The van der Waals surface area contributed by atoms with Gasteiger partial charge in [0.25, 0.3) is 0 Å². The fourth-order valence-electron chi connectivity index (χ4n) is 2.07. The number of nitrogens with one attached hydrogen (secondary N) is 2. The molecule has 0 radical (unpaired) electrons. The summed E-state index contributed by atoms with van der Waals surface area (Å²) in [6.45, 7) is 1.92. The molecule has 0 aliphatic carbocycles. The maximum Gasteiger partial charge on any atom is 0.230 e. The van der Waals surface area contributed by atoms with Crippen LogP contribution in [0.15, 0.2) is 24.3 Å². The van der Waals surface area contributed by atoms with Gasteiger partial charge in [0.1, 0.15) is 0 Å². The summed E-state index contributed by atoms with van der Waals surface area (Å²) < 4.78 is 0. The lowest BCUT2D eigenvalue weighted by molar-refractivity contribution is -0.118. The summed E-state index contributed by atoms with van der Waals surface area (Å²) >= 11 is 7.39. The van der Waals surface area contributed by atoms with Gasteiger partial charge in [-0.15, -0.1) is 24.2 Å². The van der Waals surface area contributed by atoms with Crippen molar-refractivity contribution in [3.8, 4) is 0 Å². The zero-order valence-corrected chi connectivity index (χ0v) is 13.9. The molecule has 1 amide bonds. The van der Waals surface area contributed by atoms with Gasteiger partial charge in [-0.3, -0.25) is 4.79 Å². The lowest BCUT2D eigenvalue weighted by Crippen LogP contribution is -2.35. The van der Waals surface area contributed by atoms with E-state index in [0.29, 0.717) is 18.8 Å². The van der Waals surface area contributed by atoms with Gasteiger partial charge in [-0.25, -0.2) is 0 Å². The van der Waals surface area contributed by atoms with Crippen LogP contribution in [0.2, 0.25) is 5.02 Å². The Morgan fingerprint density at radius 2 is 2.10 bits per heavy atom. The molecule has 1 aromatic carbocycles. The Morgan fingerprint density at radius 3 is 2.71 bits per heavy atom. The van der Waals surface area contributed by atoms with E-state index >= 15 is 0 Å². The van der Waals surface area contributed by atoms with Crippen molar-refractivity contribution in [3.63, 3.8) is 0 Å². The minimum atomic E-state index is -0.350. The number of carbonyl (C=O) groups excluding carboxylic acids is 1. The topological polar surface area (TPSA) is 61.4 Å². The summed E-state index contributed by atoms with van der Waals surface area (Å²) in [5.41, 5.74) is 1.16. The third kappa shape index (κ3) is 6.45. The zero-order chi connectivity index (χ0) is 14.4. The summed E-state index contributed by atoms with van der Waals surface area (Å²) in [6.07, 6.45) is -0.350. The van der Waals surface area contributed by atoms with Gasteiger partial charge >= 0.3 is 0 Å². The predicted molar refractivity (Wildman–Crippen MR) is 90.2 cm³/mol. The first-order valence-electron chi connectivity index (χ1n) is 6.63. The number of β-amino-alcohol motifs (C(OH)–C–C–N with tert-alkyl or cyclic N) is 1. The van der Waals surface area contributed by atoms with E-state index in [9.17, 15) is 9.90 Å². The number of carbonyl (C=O) groups is 1. The minimum Gasteiger partial charge on any atom is -0.391 e. The molecule has 2 atom stereocenters. The van der Waals surface area contributed by atoms with Gasteiger partial charge in [0.15, 0.2) is 0 Å². The number of hydrogen-bond donors (Lipinski definition) is 3. The van der Waals surface area contributed by atoms with Crippen LogP contribution in [0.5, 0.6) is 0 Å². The highest BCUT2D eigenvalue weighted by molar-refractivity contribution is 7.99. The lowest BCUT2D eigenvalue weighted by atomic mass is 10.1. The average molecular weight is 351 g/mol. The molecule has 0 bridgehead atoms. The van der Waals surface area contributed by atoms with Crippen LogP contribution in [0.1, 0.15) is 5.56 Å². The number of aliphatic hydroxyl groups is 1. The van der Waals surface area contributed by atoms with Crippen molar-refractivity contribution in [2.75, 3.05) is 25.4 Å². The molecule has 1 heterocycles. The molecule has 4 nitrogen and oxygen atoms in total. The van der Waals surface area contributed by atoms with Crippen LogP contribution in [0.25, 0.3) is 0 Å². The number of hydrogen-bond acceptors (Lipinski definition) is 4. The van der Waals surface area contributed by atoms with Crippen molar-refractivity contribution in [1.29, 1.82) is 0 Å².